The van der Waals surface area contributed by atoms with Crippen molar-refractivity contribution in [3.63, 3.8) is 0 Å². The Morgan fingerprint density at radius 1 is 0.792 bits per heavy atom. The van der Waals surface area contributed by atoms with Crippen LogP contribution >= 0.6 is 0 Å². The molecule has 4 heterocycles. The van der Waals surface area contributed by atoms with Crippen LogP contribution in [0.25, 0.3) is 22.2 Å². The molecule has 16 heteroatoms. The lowest BCUT2D eigenvalue weighted by atomic mass is 10.1. The van der Waals surface area contributed by atoms with E-state index in [0.717, 1.165) is 27.9 Å². The van der Waals surface area contributed by atoms with Gasteiger partial charge in [-0.25, -0.2) is 9.59 Å². The minimum Gasteiger partial charge on any atom is -0.463 e. The Hall–Kier alpha value is -6.90. The van der Waals surface area contributed by atoms with Crippen LogP contribution in [0.5, 0.6) is 5.88 Å². The Bertz CT molecular complexity index is 2120. The van der Waals surface area contributed by atoms with Gasteiger partial charge in [0.25, 0.3) is 6.47 Å². The molecule has 16 nitrogen and oxygen atoms in total. The van der Waals surface area contributed by atoms with Crippen LogP contribution in [0.3, 0.4) is 0 Å². The van der Waals surface area contributed by atoms with E-state index >= 15 is 0 Å². The van der Waals surface area contributed by atoms with E-state index in [0.29, 0.717) is 17.5 Å². The molecular formula is C37H36N4O12. The third kappa shape index (κ3) is 11.0. The first-order chi connectivity index (χ1) is 25.6. The number of aromatic nitrogens is 2. The molecule has 53 heavy (non-hydrogen) atoms. The number of alkyl carbamates (subject to hydrolysis) is 1. The lowest BCUT2D eigenvalue weighted by Crippen LogP contribution is -2.40. The molecule has 2 atom stereocenters. The molecule has 3 N–H and O–H groups in total. The van der Waals surface area contributed by atoms with Crippen molar-refractivity contribution in [1.82, 2.24) is 14.5 Å². The summed E-state index contributed by atoms with van der Waals surface area (Å²) in [6.45, 7) is 3.40. The SMILES string of the molecule is CC(N)C(=O)OCn1c(OC=O)cc2occc21.CC(NC(=O)OCc1ccccc1)C(=O)OCn1c(Cc2ccccc2)cc2occc21.O=C=O. The van der Waals surface area contributed by atoms with Crippen molar-refractivity contribution < 1.29 is 56.5 Å². The van der Waals surface area contributed by atoms with Crippen LogP contribution in [0, 0.1) is 0 Å². The first-order valence-corrected chi connectivity index (χ1v) is 16.0. The average Bonchev–Trinajstić information content (AvgIpc) is 3.94. The van der Waals surface area contributed by atoms with Crippen LogP contribution in [0.1, 0.15) is 30.7 Å². The number of nitrogens with two attached hydrogens (primary N) is 1. The Kier molecular flexibility index (Phi) is 14.3. The number of amides is 1. The van der Waals surface area contributed by atoms with Crippen LogP contribution in [0.4, 0.5) is 4.79 Å². The molecule has 276 valence electrons. The summed E-state index contributed by atoms with van der Waals surface area (Å²) in [4.78, 5) is 62.4. The Morgan fingerprint density at radius 2 is 1.34 bits per heavy atom. The van der Waals surface area contributed by atoms with Gasteiger partial charge in [-0.05, 0) is 25.0 Å². The molecule has 0 aliphatic carbocycles. The quantitative estimate of drug-likeness (QED) is 0.0941. The normalized spacial score (nSPS) is 11.5. The maximum absolute atomic E-state index is 12.5. The fraction of sp³-hybridized carbons (Fsp3) is 0.216. The summed E-state index contributed by atoms with van der Waals surface area (Å²) in [6.07, 6.45) is 3.32. The molecule has 0 fully saturated rings. The topological polar surface area (TPSA) is 214 Å². The summed E-state index contributed by atoms with van der Waals surface area (Å²) < 4.78 is 34.4. The monoisotopic (exact) mass is 728 g/mol. The number of hydrogen-bond donors (Lipinski definition) is 2. The van der Waals surface area contributed by atoms with Gasteiger partial charge in [-0.2, -0.15) is 9.59 Å². The van der Waals surface area contributed by atoms with Gasteiger partial charge < -0.3 is 43.4 Å². The summed E-state index contributed by atoms with van der Waals surface area (Å²) in [5.74, 6) is -0.869. The standard InChI is InChI=1S/C25H24N2O5.C11H12N2O5.CO2/c1-18(26-25(29)31-16-20-10-6-3-7-11-20)24(28)32-17-27-21(14-19-8-4-2-5-9-19)15-23-22(27)12-13-30-23;1-7(12)11(15)17-5-13-8-2-3-16-9(8)4-10(13)18-6-14;2-1-3/h2-13,15,18H,14,16-17H2,1H3,(H,26,29);2-4,6-7H,5,12H2,1H3;. The number of carbonyl (C=O) groups is 4. The highest BCUT2D eigenvalue weighted by atomic mass is 16.6. The van der Waals surface area contributed by atoms with Crippen LogP contribution in [-0.4, -0.2) is 51.9 Å². The summed E-state index contributed by atoms with van der Waals surface area (Å²) >= 11 is 0. The number of esters is 2. The maximum Gasteiger partial charge on any atom is 0.408 e. The van der Waals surface area contributed by atoms with E-state index < -0.39 is 30.1 Å². The van der Waals surface area contributed by atoms with Crippen LogP contribution < -0.4 is 15.8 Å². The molecule has 1 amide bonds. The first kappa shape index (κ1) is 38.9. The number of rotatable bonds is 13. The minimum absolute atomic E-state index is 0.00904. The molecule has 0 saturated carbocycles. The molecule has 6 rings (SSSR count). The Labute approximate surface area is 301 Å². The molecule has 0 spiro atoms. The van der Waals surface area contributed by atoms with Gasteiger partial charge in [-0.3, -0.25) is 14.2 Å². The van der Waals surface area contributed by atoms with Gasteiger partial charge in [0.1, 0.15) is 18.7 Å². The number of carbonyl (C=O) groups excluding carboxylic acids is 6. The first-order valence-electron chi connectivity index (χ1n) is 16.0. The van der Waals surface area contributed by atoms with E-state index in [-0.39, 0.29) is 38.6 Å². The van der Waals surface area contributed by atoms with Gasteiger partial charge in [0, 0.05) is 36.4 Å². The summed E-state index contributed by atoms with van der Waals surface area (Å²) in [5, 5.41) is 2.50. The largest absolute Gasteiger partial charge is 0.463 e. The zero-order valence-electron chi connectivity index (χ0n) is 28.7. The molecule has 0 bridgehead atoms. The van der Waals surface area contributed by atoms with Crippen LogP contribution in [-0.2, 0) is 64.7 Å². The molecule has 0 aliphatic rings. The van der Waals surface area contributed by atoms with Gasteiger partial charge >= 0.3 is 24.2 Å². The van der Waals surface area contributed by atoms with E-state index in [1.165, 1.54) is 23.8 Å². The lowest BCUT2D eigenvalue weighted by molar-refractivity contribution is -0.191. The Morgan fingerprint density at radius 3 is 1.94 bits per heavy atom. The zero-order valence-corrected chi connectivity index (χ0v) is 28.7. The number of hydrogen-bond acceptors (Lipinski definition) is 13. The fourth-order valence-corrected chi connectivity index (χ4v) is 4.88. The molecule has 0 radical (unpaired) electrons. The second-order valence-corrected chi connectivity index (χ2v) is 11.2. The van der Waals surface area contributed by atoms with Crippen LogP contribution in [0.2, 0.25) is 0 Å². The summed E-state index contributed by atoms with van der Waals surface area (Å²) in [5.41, 5.74) is 11.1. The van der Waals surface area contributed by atoms with Crippen molar-refractivity contribution in [2.24, 2.45) is 5.73 Å². The second-order valence-electron chi connectivity index (χ2n) is 11.2. The predicted molar refractivity (Wildman–Crippen MR) is 184 cm³/mol. The van der Waals surface area contributed by atoms with Crippen molar-refractivity contribution in [3.8, 4) is 5.88 Å². The van der Waals surface area contributed by atoms with E-state index in [4.69, 9.17) is 43.1 Å². The van der Waals surface area contributed by atoms with E-state index in [2.05, 4.69) is 5.32 Å². The van der Waals surface area contributed by atoms with Gasteiger partial charge in [-0.1, -0.05) is 60.7 Å². The van der Waals surface area contributed by atoms with E-state index in [1.807, 2.05) is 77.4 Å². The molecule has 0 saturated heterocycles. The Balaban J connectivity index is 0.000000252. The third-order valence-electron chi connectivity index (χ3n) is 7.43. The van der Waals surface area contributed by atoms with Crippen molar-refractivity contribution in [2.45, 2.75) is 52.4 Å². The predicted octanol–water partition coefficient (Wildman–Crippen LogP) is 4.67. The molecule has 2 aromatic carbocycles. The van der Waals surface area contributed by atoms with Gasteiger partial charge in [0.2, 0.25) is 5.88 Å². The summed E-state index contributed by atoms with van der Waals surface area (Å²) in [6, 6.07) is 24.7. The van der Waals surface area contributed by atoms with Crippen molar-refractivity contribution in [3.05, 3.63) is 114 Å². The van der Waals surface area contributed by atoms with Crippen molar-refractivity contribution in [2.75, 3.05) is 0 Å². The molecular weight excluding hydrogens is 692 g/mol. The number of ether oxygens (including phenoxy) is 4. The number of furan rings is 2. The lowest BCUT2D eigenvalue weighted by Gasteiger charge is -2.15. The number of benzene rings is 2. The highest BCUT2D eigenvalue weighted by molar-refractivity contribution is 5.81. The van der Waals surface area contributed by atoms with Crippen molar-refractivity contribution in [1.29, 1.82) is 0 Å². The van der Waals surface area contributed by atoms with Crippen molar-refractivity contribution >= 4 is 52.9 Å². The molecule has 6 aromatic rings. The molecule has 2 unspecified atom stereocenters. The smallest absolute Gasteiger partial charge is 0.408 e. The van der Waals surface area contributed by atoms with Gasteiger partial charge in [0.15, 0.2) is 24.6 Å². The van der Waals surface area contributed by atoms with Gasteiger partial charge in [0.05, 0.1) is 23.6 Å². The maximum atomic E-state index is 12.5. The highest BCUT2D eigenvalue weighted by Gasteiger charge is 2.20. The average molecular weight is 729 g/mol. The fourth-order valence-electron chi connectivity index (χ4n) is 4.88. The minimum atomic E-state index is -0.855. The second kappa shape index (κ2) is 19.5. The van der Waals surface area contributed by atoms with Crippen LogP contribution in [0.15, 0.2) is 106 Å². The highest BCUT2D eigenvalue weighted by Crippen LogP contribution is 2.26. The number of fused-ring (bicyclic) bond motifs is 2. The number of nitrogens with one attached hydrogen (secondary N) is 1. The van der Waals surface area contributed by atoms with E-state index in [1.54, 1.807) is 19.3 Å². The van der Waals surface area contributed by atoms with E-state index in [9.17, 15) is 19.2 Å². The molecule has 4 aromatic heterocycles. The summed E-state index contributed by atoms with van der Waals surface area (Å²) in [7, 11) is 0. The zero-order chi connectivity index (χ0) is 38.2. The number of nitrogens with zero attached hydrogens (tertiary/aromatic N) is 2. The van der Waals surface area contributed by atoms with Gasteiger partial charge in [-0.15, -0.1) is 0 Å². The molecule has 0 aliphatic heterocycles. The third-order valence-corrected chi connectivity index (χ3v) is 7.43.